The van der Waals surface area contributed by atoms with Gasteiger partial charge in [-0.15, -0.1) is 0 Å². The summed E-state index contributed by atoms with van der Waals surface area (Å²) in [6.45, 7) is 3.08. The van der Waals surface area contributed by atoms with Gasteiger partial charge in [-0.3, -0.25) is 0 Å². The van der Waals surface area contributed by atoms with Crippen molar-refractivity contribution in [2.24, 2.45) is 4.99 Å². The minimum atomic E-state index is -1.05. The van der Waals surface area contributed by atoms with Gasteiger partial charge < -0.3 is 0 Å². The van der Waals surface area contributed by atoms with E-state index in [0.29, 0.717) is 0 Å². The van der Waals surface area contributed by atoms with E-state index < -0.39 is 17.2 Å². The van der Waals surface area contributed by atoms with Crippen LogP contribution in [-0.4, -0.2) is 6.08 Å². The molecule has 0 unspecified atom stereocenters. The first kappa shape index (κ1) is 12.0. The topological polar surface area (TPSA) is 29.4 Å². The third kappa shape index (κ3) is 2.30. The number of carbonyl (C=O) groups excluding carboxylic acids is 1. The molecular formula is C10H8BrF2NO. The fraction of sp³-hybridized carbons (Fsp3) is 0.300. The molecule has 0 saturated carbocycles. The lowest BCUT2D eigenvalue weighted by Crippen LogP contribution is -2.16. The second-order valence-corrected chi connectivity index (χ2v) is 4.28. The maximum absolute atomic E-state index is 13.6. The van der Waals surface area contributed by atoms with Crippen molar-refractivity contribution in [1.82, 2.24) is 0 Å². The molecule has 0 fully saturated rings. The van der Waals surface area contributed by atoms with Gasteiger partial charge in [0.05, 0.1) is 10.0 Å². The molecule has 0 amide bonds. The zero-order valence-electron chi connectivity index (χ0n) is 8.14. The lowest BCUT2D eigenvalue weighted by Gasteiger charge is -2.19. The Kier molecular flexibility index (Phi) is 3.37. The van der Waals surface area contributed by atoms with Crippen LogP contribution in [0, 0.1) is 11.6 Å². The standard InChI is InChI=1S/C10H8BrF2NO/c1-10(2,14-5-15)6-3-4-7(12)8(11)9(6)13/h3-4H,1-2H3. The Hall–Kier alpha value is -1.06. The van der Waals surface area contributed by atoms with E-state index in [1.54, 1.807) is 13.8 Å². The van der Waals surface area contributed by atoms with E-state index >= 15 is 0 Å². The van der Waals surface area contributed by atoms with E-state index in [9.17, 15) is 13.6 Å². The molecule has 0 heterocycles. The van der Waals surface area contributed by atoms with Gasteiger partial charge in [-0.05, 0) is 35.8 Å². The number of isocyanates is 1. The van der Waals surface area contributed by atoms with E-state index in [4.69, 9.17) is 0 Å². The lowest BCUT2D eigenvalue weighted by molar-refractivity contribution is 0.482. The molecule has 80 valence electrons. The Morgan fingerprint density at radius 1 is 1.40 bits per heavy atom. The molecule has 0 radical (unpaired) electrons. The van der Waals surface area contributed by atoms with Crippen LogP contribution in [0.5, 0.6) is 0 Å². The van der Waals surface area contributed by atoms with Gasteiger partial charge in [0.1, 0.15) is 11.6 Å². The molecule has 0 aliphatic rings. The summed E-state index contributed by atoms with van der Waals surface area (Å²) in [5.74, 6) is -1.44. The van der Waals surface area contributed by atoms with E-state index in [1.807, 2.05) is 0 Å². The van der Waals surface area contributed by atoms with Gasteiger partial charge in [-0.25, -0.2) is 13.6 Å². The first-order chi connectivity index (χ1) is 6.90. The first-order valence-electron chi connectivity index (χ1n) is 4.13. The van der Waals surface area contributed by atoms with E-state index in [0.717, 1.165) is 6.07 Å². The molecule has 1 aromatic rings. The molecule has 0 saturated heterocycles. The fourth-order valence-electron chi connectivity index (χ4n) is 1.17. The number of halogens is 3. The van der Waals surface area contributed by atoms with Crippen molar-refractivity contribution >= 4 is 22.0 Å². The van der Waals surface area contributed by atoms with Crippen LogP contribution >= 0.6 is 15.9 Å². The quantitative estimate of drug-likeness (QED) is 0.463. The first-order valence-corrected chi connectivity index (χ1v) is 4.92. The molecule has 2 nitrogen and oxygen atoms in total. The van der Waals surface area contributed by atoms with E-state index in [1.165, 1.54) is 12.1 Å². The average Bonchev–Trinajstić information content (AvgIpc) is 2.13. The fourth-order valence-corrected chi connectivity index (χ4v) is 1.52. The van der Waals surface area contributed by atoms with Crippen molar-refractivity contribution in [3.05, 3.63) is 33.8 Å². The zero-order chi connectivity index (χ0) is 11.6. The molecule has 1 rings (SSSR count). The Labute approximate surface area is 94.1 Å². The maximum atomic E-state index is 13.6. The molecule has 0 aliphatic carbocycles. The van der Waals surface area contributed by atoms with Gasteiger partial charge in [0.25, 0.3) is 0 Å². The number of hydrogen-bond donors (Lipinski definition) is 0. The lowest BCUT2D eigenvalue weighted by atomic mass is 9.95. The van der Waals surface area contributed by atoms with E-state index in [-0.39, 0.29) is 10.0 Å². The molecule has 1 aromatic carbocycles. The van der Waals surface area contributed by atoms with Crippen molar-refractivity contribution in [1.29, 1.82) is 0 Å². The highest BCUT2D eigenvalue weighted by atomic mass is 79.9. The molecule has 0 bridgehead atoms. The predicted octanol–water partition coefficient (Wildman–Crippen LogP) is 3.30. The summed E-state index contributed by atoms with van der Waals surface area (Å²) in [6, 6.07) is 2.38. The van der Waals surface area contributed by atoms with Crippen LogP contribution < -0.4 is 0 Å². The summed E-state index contributed by atoms with van der Waals surface area (Å²) in [4.78, 5) is 13.6. The highest BCUT2D eigenvalue weighted by Crippen LogP contribution is 2.31. The van der Waals surface area contributed by atoms with Gasteiger partial charge in [0, 0.05) is 5.56 Å². The highest BCUT2D eigenvalue weighted by Gasteiger charge is 2.25. The summed E-state index contributed by atoms with van der Waals surface area (Å²) in [7, 11) is 0. The van der Waals surface area contributed by atoms with Crippen LogP contribution in [0.4, 0.5) is 8.78 Å². The maximum Gasteiger partial charge on any atom is 0.235 e. The molecule has 15 heavy (non-hydrogen) atoms. The van der Waals surface area contributed by atoms with Crippen LogP contribution in [0.2, 0.25) is 0 Å². The minimum Gasteiger partial charge on any atom is -0.211 e. The summed E-state index contributed by atoms with van der Waals surface area (Å²) >= 11 is 2.78. The van der Waals surface area contributed by atoms with Crippen LogP contribution in [0.15, 0.2) is 21.6 Å². The molecule has 0 spiro atoms. The molecular weight excluding hydrogens is 268 g/mol. The Balaban J connectivity index is 3.39. The Morgan fingerprint density at radius 3 is 2.53 bits per heavy atom. The Bertz CT molecular complexity index is 439. The summed E-state index contributed by atoms with van der Waals surface area (Å²) in [6.07, 6.45) is 1.37. The molecule has 0 atom stereocenters. The van der Waals surface area contributed by atoms with Gasteiger partial charge in [0.2, 0.25) is 6.08 Å². The van der Waals surface area contributed by atoms with Gasteiger partial charge in [-0.1, -0.05) is 6.07 Å². The summed E-state index contributed by atoms with van der Waals surface area (Å²) < 4.78 is 26.3. The predicted molar refractivity (Wildman–Crippen MR) is 55.2 cm³/mol. The summed E-state index contributed by atoms with van der Waals surface area (Å²) in [5.41, 5.74) is -0.915. The zero-order valence-corrected chi connectivity index (χ0v) is 9.73. The van der Waals surface area contributed by atoms with Gasteiger partial charge in [-0.2, -0.15) is 4.99 Å². The van der Waals surface area contributed by atoms with E-state index in [2.05, 4.69) is 20.9 Å². The Morgan fingerprint density at radius 2 is 2.00 bits per heavy atom. The van der Waals surface area contributed by atoms with Crippen LogP contribution in [0.3, 0.4) is 0 Å². The van der Waals surface area contributed by atoms with Crippen molar-refractivity contribution in [3.63, 3.8) is 0 Å². The molecule has 0 aromatic heterocycles. The van der Waals surface area contributed by atoms with Crippen molar-refractivity contribution in [3.8, 4) is 0 Å². The smallest absolute Gasteiger partial charge is 0.211 e. The van der Waals surface area contributed by atoms with Crippen LogP contribution in [0.25, 0.3) is 0 Å². The monoisotopic (exact) mass is 275 g/mol. The normalized spacial score (nSPS) is 11.0. The second kappa shape index (κ2) is 4.21. The molecule has 0 aliphatic heterocycles. The molecule has 0 N–H and O–H groups in total. The number of rotatable bonds is 2. The number of nitrogens with zero attached hydrogens (tertiary/aromatic N) is 1. The van der Waals surface area contributed by atoms with Crippen molar-refractivity contribution in [2.45, 2.75) is 19.4 Å². The summed E-state index contributed by atoms with van der Waals surface area (Å²) in [5, 5.41) is 0. The third-order valence-corrected chi connectivity index (χ3v) is 2.75. The van der Waals surface area contributed by atoms with Gasteiger partial charge >= 0.3 is 0 Å². The number of hydrogen-bond acceptors (Lipinski definition) is 2. The van der Waals surface area contributed by atoms with Crippen molar-refractivity contribution < 1.29 is 13.6 Å². The number of aliphatic imine (C=N–C) groups is 1. The molecule has 5 heteroatoms. The minimum absolute atomic E-state index is 0.138. The second-order valence-electron chi connectivity index (χ2n) is 3.49. The van der Waals surface area contributed by atoms with Gasteiger partial charge in [0.15, 0.2) is 0 Å². The van der Waals surface area contributed by atoms with Crippen LogP contribution in [-0.2, 0) is 10.3 Å². The SMILES string of the molecule is CC(C)(N=C=O)c1ccc(F)c(Br)c1F. The third-order valence-electron chi connectivity index (χ3n) is 2.02. The number of benzene rings is 1. The van der Waals surface area contributed by atoms with Crippen molar-refractivity contribution in [2.75, 3.05) is 0 Å². The highest BCUT2D eigenvalue weighted by molar-refractivity contribution is 9.10. The average molecular weight is 276 g/mol. The van der Waals surface area contributed by atoms with Crippen LogP contribution in [0.1, 0.15) is 19.4 Å². The largest absolute Gasteiger partial charge is 0.235 e.